The van der Waals surface area contributed by atoms with Gasteiger partial charge in [-0.15, -0.1) is 10.2 Å². The summed E-state index contributed by atoms with van der Waals surface area (Å²) in [5, 5.41) is 11.2. The summed E-state index contributed by atoms with van der Waals surface area (Å²) in [6.45, 7) is 4.39. The van der Waals surface area contributed by atoms with Crippen LogP contribution < -0.4 is 5.32 Å². The van der Waals surface area contributed by atoms with Gasteiger partial charge in [-0.1, -0.05) is 31.5 Å². The van der Waals surface area contributed by atoms with E-state index >= 15 is 0 Å². The van der Waals surface area contributed by atoms with Gasteiger partial charge >= 0.3 is 0 Å². The first-order valence-electron chi connectivity index (χ1n) is 9.12. The van der Waals surface area contributed by atoms with Gasteiger partial charge in [0.2, 0.25) is 5.91 Å². The monoisotopic (exact) mass is 378 g/mol. The first-order chi connectivity index (χ1) is 12.5. The van der Waals surface area contributed by atoms with Crippen LogP contribution in [0.5, 0.6) is 0 Å². The predicted octanol–water partition coefficient (Wildman–Crippen LogP) is 4.57. The molecular formula is C19H24ClFN4O. The highest BCUT2D eigenvalue weighted by Gasteiger charge is 2.29. The van der Waals surface area contributed by atoms with Gasteiger partial charge in [-0.3, -0.25) is 4.79 Å². The Labute approximate surface area is 158 Å². The lowest BCUT2D eigenvalue weighted by Crippen LogP contribution is -2.15. The Morgan fingerprint density at radius 3 is 2.65 bits per heavy atom. The molecule has 0 unspecified atom stereocenters. The Morgan fingerprint density at radius 1 is 1.31 bits per heavy atom. The molecule has 5 nitrogen and oxygen atoms in total. The quantitative estimate of drug-likeness (QED) is 0.732. The van der Waals surface area contributed by atoms with Crippen molar-refractivity contribution in [2.24, 2.45) is 5.92 Å². The van der Waals surface area contributed by atoms with E-state index in [9.17, 15) is 9.18 Å². The lowest BCUT2D eigenvalue weighted by atomic mass is 10.1. The molecular weight excluding hydrogens is 355 g/mol. The zero-order valence-electron chi connectivity index (χ0n) is 15.1. The van der Waals surface area contributed by atoms with E-state index in [2.05, 4.69) is 33.9 Å². The Balaban J connectivity index is 1.62. The number of carbonyl (C=O) groups is 1. The first kappa shape index (κ1) is 18.8. The fourth-order valence-corrected chi connectivity index (χ4v) is 3.09. The van der Waals surface area contributed by atoms with E-state index in [0.29, 0.717) is 18.4 Å². The van der Waals surface area contributed by atoms with Gasteiger partial charge in [0.25, 0.3) is 0 Å². The number of aryl methyl sites for hydroxylation is 2. The molecule has 26 heavy (non-hydrogen) atoms. The second-order valence-electron chi connectivity index (χ2n) is 7.22. The van der Waals surface area contributed by atoms with Crippen LogP contribution in [0.4, 0.5) is 10.1 Å². The number of halogens is 2. The minimum atomic E-state index is -0.611. The van der Waals surface area contributed by atoms with E-state index in [0.717, 1.165) is 37.3 Å². The van der Waals surface area contributed by atoms with Crippen LogP contribution in [0.15, 0.2) is 18.2 Å². The molecule has 1 aromatic carbocycles. The molecule has 1 N–H and O–H groups in total. The molecule has 7 heteroatoms. The topological polar surface area (TPSA) is 59.8 Å². The molecule has 2 aromatic rings. The highest BCUT2D eigenvalue weighted by atomic mass is 35.5. The molecule has 1 fully saturated rings. The molecule has 0 saturated heterocycles. The Kier molecular flexibility index (Phi) is 5.91. The van der Waals surface area contributed by atoms with Crippen molar-refractivity contribution >= 4 is 23.2 Å². The number of hydrogen-bond donors (Lipinski definition) is 1. The summed E-state index contributed by atoms with van der Waals surface area (Å²) in [6, 6.07) is 5.01. The van der Waals surface area contributed by atoms with Crippen molar-refractivity contribution in [1.82, 2.24) is 14.8 Å². The maximum Gasteiger partial charge on any atom is 0.224 e. The molecule has 1 saturated carbocycles. The van der Waals surface area contributed by atoms with E-state index in [1.165, 1.54) is 12.1 Å². The highest BCUT2D eigenvalue weighted by Crippen LogP contribution is 2.37. The van der Waals surface area contributed by atoms with Crippen LogP contribution in [-0.2, 0) is 17.6 Å². The largest absolute Gasteiger partial charge is 0.324 e. The summed E-state index contributed by atoms with van der Waals surface area (Å²) in [5.41, 5.74) is 0.101. The van der Waals surface area contributed by atoms with Crippen molar-refractivity contribution in [1.29, 1.82) is 0 Å². The number of nitrogens with one attached hydrogen (secondary N) is 1. The average molecular weight is 379 g/mol. The van der Waals surface area contributed by atoms with Gasteiger partial charge in [0, 0.05) is 25.3 Å². The van der Waals surface area contributed by atoms with Gasteiger partial charge in [-0.2, -0.15) is 0 Å². The standard InChI is InChI=1S/C19H24ClFN4O/c1-12(2)6-9-16-23-24-17(25(16)13-7-8-13)10-11-18(26)22-15-5-3-4-14(20)19(15)21/h3-5,12-13H,6-11H2,1-2H3,(H,22,26). The highest BCUT2D eigenvalue weighted by molar-refractivity contribution is 6.31. The van der Waals surface area contributed by atoms with Crippen molar-refractivity contribution in [2.45, 2.75) is 58.4 Å². The third-order valence-corrected chi connectivity index (χ3v) is 4.79. The van der Waals surface area contributed by atoms with Crippen molar-refractivity contribution in [3.8, 4) is 0 Å². The minimum Gasteiger partial charge on any atom is -0.324 e. The molecule has 1 aromatic heterocycles. The smallest absolute Gasteiger partial charge is 0.224 e. The minimum absolute atomic E-state index is 0.00827. The zero-order valence-corrected chi connectivity index (χ0v) is 15.9. The van der Waals surface area contributed by atoms with Crippen molar-refractivity contribution in [3.05, 3.63) is 40.7 Å². The maximum atomic E-state index is 13.9. The summed E-state index contributed by atoms with van der Waals surface area (Å²) < 4.78 is 16.1. The number of benzene rings is 1. The van der Waals surface area contributed by atoms with Gasteiger partial charge in [0.05, 0.1) is 10.7 Å². The first-order valence-corrected chi connectivity index (χ1v) is 9.50. The number of amides is 1. The lowest BCUT2D eigenvalue weighted by Gasteiger charge is -2.10. The van der Waals surface area contributed by atoms with Crippen LogP contribution >= 0.6 is 11.6 Å². The third-order valence-electron chi connectivity index (χ3n) is 4.50. The number of nitrogens with zero attached hydrogens (tertiary/aromatic N) is 3. The Morgan fingerprint density at radius 2 is 2.00 bits per heavy atom. The Bertz CT molecular complexity index is 786. The molecule has 1 aliphatic rings. The predicted molar refractivity (Wildman–Crippen MR) is 99.8 cm³/mol. The number of aromatic nitrogens is 3. The second kappa shape index (κ2) is 8.16. The molecule has 1 aliphatic carbocycles. The zero-order chi connectivity index (χ0) is 18.7. The number of carbonyl (C=O) groups excluding carboxylic acids is 1. The van der Waals surface area contributed by atoms with Crippen molar-refractivity contribution in [2.75, 3.05) is 5.32 Å². The molecule has 0 radical (unpaired) electrons. The molecule has 3 rings (SSSR count). The Hall–Kier alpha value is -1.95. The van der Waals surface area contributed by atoms with Crippen LogP contribution in [0.1, 0.15) is 57.2 Å². The van der Waals surface area contributed by atoms with Gasteiger partial charge in [-0.25, -0.2) is 4.39 Å². The molecule has 140 valence electrons. The summed E-state index contributed by atoms with van der Waals surface area (Å²) in [4.78, 5) is 12.2. The van der Waals surface area contributed by atoms with E-state index in [-0.39, 0.29) is 23.0 Å². The van der Waals surface area contributed by atoms with E-state index in [4.69, 9.17) is 11.6 Å². The van der Waals surface area contributed by atoms with E-state index < -0.39 is 5.82 Å². The average Bonchev–Trinajstić information content (AvgIpc) is 3.35. The lowest BCUT2D eigenvalue weighted by molar-refractivity contribution is -0.116. The second-order valence-corrected chi connectivity index (χ2v) is 7.62. The van der Waals surface area contributed by atoms with Crippen LogP contribution in [0, 0.1) is 11.7 Å². The fraction of sp³-hybridized carbons (Fsp3) is 0.526. The number of rotatable bonds is 8. The van der Waals surface area contributed by atoms with Crippen molar-refractivity contribution in [3.63, 3.8) is 0 Å². The summed E-state index contributed by atoms with van der Waals surface area (Å²) >= 11 is 5.74. The number of anilines is 1. The van der Waals surface area contributed by atoms with Gasteiger partial charge in [-0.05, 0) is 37.3 Å². The van der Waals surface area contributed by atoms with Gasteiger partial charge in [0.1, 0.15) is 11.6 Å². The molecule has 0 aliphatic heterocycles. The summed E-state index contributed by atoms with van der Waals surface area (Å²) in [6.07, 6.45) is 4.96. The molecule has 1 amide bonds. The number of hydrogen-bond acceptors (Lipinski definition) is 3. The molecule has 1 heterocycles. The van der Waals surface area contributed by atoms with Crippen LogP contribution in [0.3, 0.4) is 0 Å². The van der Waals surface area contributed by atoms with Crippen LogP contribution in [0.25, 0.3) is 0 Å². The van der Waals surface area contributed by atoms with E-state index in [1.54, 1.807) is 6.07 Å². The fourth-order valence-electron chi connectivity index (χ4n) is 2.91. The van der Waals surface area contributed by atoms with E-state index in [1.807, 2.05) is 0 Å². The van der Waals surface area contributed by atoms with Crippen LogP contribution in [-0.4, -0.2) is 20.7 Å². The molecule has 0 bridgehead atoms. The molecule has 0 atom stereocenters. The molecule has 0 spiro atoms. The van der Waals surface area contributed by atoms with Crippen molar-refractivity contribution < 1.29 is 9.18 Å². The SMILES string of the molecule is CC(C)CCc1nnc(CCC(=O)Nc2cccc(Cl)c2F)n1C1CC1. The summed E-state index contributed by atoms with van der Waals surface area (Å²) in [7, 11) is 0. The van der Waals surface area contributed by atoms with Gasteiger partial charge < -0.3 is 9.88 Å². The van der Waals surface area contributed by atoms with Crippen LogP contribution in [0.2, 0.25) is 5.02 Å². The summed E-state index contributed by atoms with van der Waals surface area (Å²) in [5.74, 6) is 1.59. The third kappa shape index (κ3) is 4.61. The maximum absolute atomic E-state index is 13.9. The van der Waals surface area contributed by atoms with Gasteiger partial charge in [0.15, 0.2) is 5.82 Å². The normalized spacial score (nSPS) is 14.0.